The quantitative estimate of drug-likeness (QED) is 0.700. The van der Waals surface area contributed by atoms with Crippen LogP contribution in [0.25, 0.3) is 11.0 Å². The second-order valence-corrected chi connectivity index (χ2v) is 6.07. The van der Waals surface area contributed by atoms with E-state index < -0.39 is 0 Å². The number of thiocarbonyl (C=S) groups is 1. The lowest BCUT2D eigenvalue weighted by Crippen LogP contribution is -3.06. The Bertz CT molecular complexity index is 619. The maximum Gasteiger partial charge on any atom is 0.171 e. The fraction of sp³-hybridized carbons (Fsp3) is 0.500. The van der Waals surface area contributed by atoms with Gasteiger partial charge in [0.2, 0.25) is 0 Å². The standard InChI is InChI=1S/C14H22N6S/c1-10(2)20-13-11(8-17-20)7-12(9-16-13)18-14(21)15-5-6-19(3)4/h7-10H,5-6H2,1-4H3,(H2,15,18,21)/p+1. The summed E-state index contributed by atoms with van der Waals surface area (Å²) in [5.41, 5.74) is 1.77. The maximum atomic E-state index is 5.28. The molecule has 0 saturated heterocycles. The van der Waals surface area contributed by atoms with Crippen LogP contribution in [0.2, 0.25) is 0 Å². The largest absolute Gasteiger partial charge is 0.357 e. The van der Waals surface area contributed by atoms with Crippen molar-refractivity contribution < 1.29 is 4.90 Å². The van der Waals surface area contributed by atoms with Gasteiger partial charge in [-0.1, -0.05) is 0 Å². The van der Waals surface area contributed by atoms with E-state index in [0.29, 0.717) is 11.2 Å². The van der Waals surface area contributed by atoms with Gasteiger partial charge in [0.05, 0.1) is 45.3 Å². The summed E-state index contributed by atoms with van der Waals surface area (Å²) >= 11 is 5.28. The molecule has 0 spiro atoms. The summed E-state index contributed by atoms with van der Waals surface area (Å²) < 4.78 is 1.91. The molecule has 6 nitrogen and oxygen atoms in total. The third-order valence-electron chi connectivity index (χ3n) is 3.09. The molecule has 3 N–H and O–H groups in total. The summed E-state index contributed by atoms with van der Waals surface area (Å²) in [7, 11) is 4.23. The highest BCUT2D eigenvalue weighted by atomic mass is 32.1. The number of hydrogen-bond donors (Lipinski definition) is 3. The van der Waals surface area contributed by atoms with Crippen molar-refractivity contribution in [2.75, 3.05) is 32.5 Å². The van der Waals surface area contributed by atoms with E-state index in [2.05, 4.69) is 48.7 Å². The highest BCUT2D eigenvalue weighted by Gasteiger charge is 2.08. The molecule has 7 heteroatoms. The Balaban J connectivity index is 2.01. The smallest absolute Gasteiger partial charge is 0.171 e. The van der Waals surface area contributed by atoms with Crippen LogP contribution >= 0.6 is 12.2 Å². The number of aromatic nitrogens is 3. The minimum absolute atomic E-state index is 0.296. The molecule has 2 heterocycles. The van der Waals surface area contributed by atoms with Gasteiger partial charge in [0.1, 0.15) is 0 Å². The Morgan fingerprint density at radius 1 is 1.38 bits per heavy atom. The van der Waals surface area contributed by atoms with Gasteiger partial charge in [0, 0.05) is 11.4 Å². The minimum Gasteiger partial charge on any atom is -0.357 e. The maximum absolute atomic E-state index is 5.28. The number of nitrogens with one attached hydrogen (secondary N) is 3. The average molecular weight is 307 g/mol. The summed E-state index contributed by atoms with van der Waals surface area (Å²) in [4.78, 5) is 5.85. The second-order valence-electron chi connectivity index (χ2n) is 5.66. The topological polar surface area (TPSA) is 59.2 Å². The zero-order valence-corrected chi connectivity index (χ0v) is 13.8. The van der Waals surface area contributed by atoms with Crippen molar-refractivity contribution in [1.82, 2.24) is 20.1 Å². The van der Waals surface area contributed by atoms with Gasteiger partial charge < -0.3 is 15.5 Å². The van der Waals surface area contributed by atoms with Crippen LogP contribution in [0.1, 0.15) is 19.9 Å². The molecule has 0 bridgehead atoms. The van der Waals surface area contributed by atoms with Crippen molar-refractivity contribution in [1.29, 1.82) is 0 Å². The summed E-state index contributed by atoms with van der Waals surface area (Å²) in [5.74, 6) is 0. The van der Waals surface area contributed by atoms with E-state index in [1.54, 1.807) is 6.20 Å². The van der Waals surface area contributed by atoms with Crippen molar-refractivity contribution in [3.05, 3.63) is 18.5 Å². The van der Waals surface area contributed by atoms with Crippen LogP contribution in [0.3, 0.4) is 0 Å². The van der Waals surface area contributed by atoms with Gasteiger partial charge in [0.15, 0.2) is 10.8 Å². The molecular weight excluding hydrogens is 284 g/mol. The SMILES string of the molecule is CC(C)n1ncc2cc(NC(=S)NCC[NH+](C)C)cnc21. The Kier molecular flexibility index (Phi) is 5.08. The lowest BCUT2D eigenvalue weighted by molar-refractivity contribution is -0.856. The van der Waals surface area contributed by atoms with E-state index in [4.69, 9.17) is 12.2 Å². The second kappa shape index (κ2) is 6.82. The molecule has 114 valence electrons. The number of quaternary nitrogens is 1. The number of rotatable bonds is 5. The monoisotopic (exact) mass is 307 g/mol. The van der Waals surface area contributed by atoms with Crippen molar-refractivity contribution in [3.8, 4) is 0 Å². The molecule has 2 aromatic rings. The van der Waals surface area contributed by atoms with Crippen molar-refractivity contribution in [3.63, 3.8) is 0 Å². The van der Waals surface area contributed by atoms with Crippen LogP contribution in [0, 0.1) is 0 Å². The molecular formula is C14H23N6S+. The molecule has 2 aromatic heterocycles. The van der Waals surface area contributed by atoms with Gasteiger partial charge in [-0.2, -0.15) is 5.10 Å². The summed E-state index contributed by atoms with van der Waals surface area (Å²) in [5, 5.41) is 12.3. The lowest BCUT2D eigenvalue weighted by atomic mass is 10.3. The number of hydrogen-bond acceptors (Lipinski definition) is 3. The van der Waals surface area contributed by atoms with Gasteiger partial charge in [-0.3, -0.25) is 0 Å². The minimum atomic E-state index is 0.296. The Morgan fingerprint density at radius 3 is 2.81 bits per heavy atom. The van der Waals surface area contributed by atoms with Crippen LogP contribution < -0.4 is 15.5 Å². The lowest BCUT2D eigenvalue weighted by Gasteiger charge is -2.12. The van der Waals surface area contributed by atoms with E-state index in [9.17, 15) is 0 Å². The van der Waals surface area contributed by atoms with Gasteiger partial charge >= 0.3 is 0 Å². The first kappa shape index (κ1) is 15.7. The molecule has 0 aliphatic carbocycles. The fourth-order valence-electron chi connectivity index (χ4n) is 1.99. The van der Waals surface area contributed by atoms with E-state index in [1.165, 1.54) is 4.90 Å². The Labute approximate surface area is 130 Å². The first-order chi connectivity index (χ1) is 9.97. The van der Waals surface area contributed by atoms with Crippen molar-refractivity contribution >= 4 is 34.1 Å². The first-order valence-electron chi connectivity index (χ1n) is 7.14. The van der Waals surface area contributed by atoms with Crippen molar-refractivity contribution in [2.24, 2.45) is 0 Å². The average Bonchev–Trinajstić information content (AvgIpc) is 2.81. The third kappa shape index (κ3) is 4.12. The number of fused-ring (bicyclic) bond motifs is 1. The van der Waals surface area contributed by atoms with Gasteiger partial charge in [-0.15, -0.1) is 0 Å². The predicted octanol–water partition coefficient (Wildman–Crippen LogP) is 0.443. The fourth-order valence-corrected chi connectivity index (χ4v) is 2.21. The first-order valence-corrected chi connectivity index (χ1v) is 7.55. The van der Waals surface area contributed by atoms with Crippen molar-refractivity contribution in [2.45, 2.75) is 19.9 Å². The summed E-state index contributed by atoms with van der Waals surface area (Å²) in [6, 6.07) is 2.31. The Morgan fingerprint density at radius 2 is 2.14 bits per heavy atom. The zero-order valence-electron chi connectivity index (χ0n) is 13.0. The molecule has 0 aliphatic rings. The summed E-state index contributed by atoms with van der Waals surface area (Å²) in [6.45, 7) is 6.04. The van der Waals surface area contributed by atoms with E-state index in [1.807, 2.05) is 16.9 Å². The molecule has 0 aromatic carbocycles. The number of anilines is 1. The van der Waals surface area contributed by atoms with Crippen LogP contribution in [0.5, 0.6) is 0 Å². The zero-order chi connectivity index (χ0) is 15.4. The molecule has 0 radical (unpaired) electrons. The van der Waals surface area contributed by atoms with Crippen LogP contribution in [-0.4, -0.2) is 47.1 Å². The number of likely N-dealkylation sites (N-methyl/N-ethyl adjacent to an activating group) is 1. The van der Waals surface area contributed by atoms with Gasteiger partial charge in [0.25, 0.3) is 0 Å². The normalized spacial score (nSPS) is 11.3. The number of nitrogens with zero attached hydrogens (tertiary/aromatic N) is 3. The Hall–Kier alpha value is -1.73. The highest BCUT2D eigenvalue weighted by Crippen LogP contribution is 2.18. The molecule has 0 fully saturated rings. The molecule has 0 unspecified atom stereocenters. The van der Waals surface area contributed by atoms with E-state index in [0.717, 1.165) is 29.8 Å². The summed E-state index contributed by atoms with van der Waals surface area (Å²) in [6.07, 6.45) is 3.62. The molecule has 0 aliphatic heterocycles. The van der Waals surface area contributed by atoms with E-state index in [-0.39, 0.29) is 0 Å². The molecule has 2 rings (SSSR count). The third-order valence-corrected chi connectivity index (χ3v) is 3.34. The van der Waals surface area contributed by atoms with Gasteiger partial charge in [-0.05, 0) is 32.1 Å². The molecule has 0 atom stereocenters. The molecule has 0 saturated carbocycles. The van der Waals surface area contributed by atoms with Crippen LogP contribution in [-0.2, 0) is 0 Å². The van der Waals surface area contributed by atoms with Gasteiger partial charge in [-0.25, -0.2) is 9.67 Å². The van der Waals surface area contributed by atoms with Crippen LogP contribution in [0.4, 0.5) is 5.69 Å². The van der Waals surface area contributed by atoms with E-state index >= 15 is 0 Å². The highest BCUT2D eigenvalue weighted by molar-refractivity contribution is 7.80. The number of pyridine rings is 1. The molecule has 0 amide bonds. The predicted molar refractivity (Wildman–Crippen MR) is 89.8 cm³/mol. The molecule has 21 heavy (non-hydrogen) atoms. The van der Waals surface area contributed by atoms with Crippen LogP contribution in [0.15, 0.2) is 18.5 Å².